The number of nitrogens with zero attached hydrogens (tertiary/aromatic N) is 3. The van der Waals surface area contributed by atoms with E-state index in [2.05, 4.69) is 26.3 Å². The van der Waals surface area contributed by atoms with Gasteiger partial charge in [-0.25, -0.2) is 13.2 Å². The number of carbonyl (C=O) groups is 2. The Morgan fingerprint density at radius 3 is 2.46 bits per heavy atom. The first-order chi connectivity index (χ1) is 12.1. The molecule has 1 saturated heterocycles. The Balaban J connectivity index is 1.77. The molecule has 3 amide bonds. The topological polar surface area (TPSA) is 101 Å². The first kappa shape index (κ1) is 18.6. The molecule has 2 heterocycles. The van der Waals surface area contributed by atoms with Crippen molar-refractivity contribution in [2.45, 2.75) is 17.4 Å². The maximum atomic E-state index is 12.7. The van der Waals surface area contributed by atoms with Gasteiger partial charge in [0.15, 0.2) is 9.84 Å². The number of imide groups is 1. The van der Waals surface area contributed by atoms with Crippen molar-refractivity contribution in [1.82, 2.24) is 20.0 Å². The molecule has 1 aromatic heterocycles. The normalized spacial score (nSPS) is 20.5. The van der Waals surface area contributed by atoms with Crippen molar-refractivity contribution in [3.8, 4) is 0 Å². The molecular formula is C16H17BrN4O4S. The molecule has 2 aromatic rings. The second-order valence-electron chi connectivity index (χ2n) is 6.19. The van der Waals surface area contributed by atoms with E-state index in [0.29, 0.717) is 5.56 Å². The third-order valence-electron chi connectivity index (χ3n) is 4.31. The van der Waals surface area contributed by atoms with Gasteiger partial charge in [0.2, 0.25) is 0 Å². The molecule has 0 saturated carbocycles. The summed E-state index contributed by atoms with van der Waals surface area (Å²) in [5, 5.41) is 6.64. The van der Waals surface area contributed by atoms with Crippen LogP contribution in [0, 0.1) is 0 Å². The van der Waals surface area contributed by atoms with Crippen LogP contribution in [0.25, 0.3) is 0 Å². The Hall–Kier alpha value is -2.20. The molecule has 0 aliphatic carbocycles. The van der Waals surface area contributed by atoms with E-state index in [1.165, 1.54) is 23.0 Å². The van der Waals surface area contributed by atoms with Crippen LogP contribution in [-0.2, 0) is 27.2 Å². The van der Waals surface area contributed by atoms with Gasteiger partial charge >= 0.3 is 6.03 Å². The molecule has 1 fully saturated rings. The van der Waals surface area contributed by atoms with E-state index in [1.807, 2.05) is 0 Å². The van der Waals surface area contributed by atoms with E-state index < -0.39 is 27.3 Å². The Morgan fingerprint density at radius 2 is 1.88 bits per heavy atom. The predicted molar refractivity (Wildman–Crippen MR) is 97.0 cm³/mol. The number of benzene rings is 1. The Morgan fingerprint density at radius 1 is 1.23 bits per heavy atom. The van der Waals surface area contributed by atoms with Crippen molar-refractivity contribution in [2.24, 2.45) is 7.05 Å². The van der Waals surface area contributed by atoms with Crippen molar-refractivity contribution in [1.29, 1.82) is 0 Å². The molecule has 1 aliphatic heterocycles. The minimum atomic E-state index is -3.62. The van der Waals surface area contributed by atoms with Crippen LogP contribution < -0.4 is 5.32 Å². The number of amides is 3. The highest BCUT2D eigenvalue weighted by Gasteiger charge is 2.49. The first-order valence-electron chi connectivity index (χ1n) is 7.75. The minimum Gasteiger partial charge on any atom is -0.319 e. The summed E-state index contributed by atoms with van der Waals surface area (Å²) >= 11 is 3.25. The molecule has 8 nitrogen and oxygen atoms in total. The highest BCUT2D eigenvalue weighted by atomic mass is 79.9. The number of aryl methyl sites for hydroxylation is 1. The molecule has 0 unspecified atom stereocenters. The lowest BCUT2D eigenvalue weighted by atomic mass is 9.95. The third kappa shape index (κ3) is 3.26. The number of nitrogens with one attached hydrogen (secondary N) is 1. The third-order valence-corrected chi connectivity index (χ3v) is 6.55. The van der Waals surface area contributed by atoms with Gasteiger partial charge in [-0.1, -0.05) is 15.9 Å². The van der Waals surface area contributed by atoms with Gasteiger partial charge in [-0.2, -0.15) is 5.10 Å². The summed E-state index contributed by atoms with van der Waals surface area (Å²) in [5.74, 6) is -0.849. The molecule has 0 spiro atoms. The van der Waals surface area contributed by atoms with Crippen molar-refractivity contribution >= 4 is 37.7 Å². The summed E-state index contributed by atoms with van der Waals surface area (Å²) in [6, 6.07) is 5.59. The van der Waals surface area contributed by atoms with Crippen molar-refractivity contribution < 1.29 is 18.0 Å². The first-order valence-corrected chi connectivity index (χ1v) is 10.2. The molecule has 0 radical (unpaired) electrons. The Bertz CT molecular complexity index is 970. The van der Waals surface area contributed by atoms with Gasteiger partial charge in [0.25, 0.3) is 5.91 Å². The number of urea groups is 1. The summed E-state index contributed by atoms with van der Waals surface area (Å²) in [6.07, 6.45) is 3.14. The average Bonchev–Trinajstić information content (AvgIpc) is 3.10. The number of sulfone groups is 1. The number of rotatable bonds is 5. The maximum absolute atomic E-state index is 12.7. The SMILES string of the molecule is Cn1cc([C@@]2(C)NC(=O)N(CCS(=O)(=O)c3ccc(Br)cc3)C2=O)cn1. The van der Waals surface area contributed by atoms with Crippen molar-refractivity contribution in [3.63, 3.8) is 0 Å². The van der Waals surface area contributed by atoms with E-state index in [1.54, 1.807) is 32.3 Å². The van der Waals surface area contributed by atoms with Gasteiger partial charge in [-0.15, -0.1) is 0 Å². The average molecular weight is 441 g/mol. The highest BCUT2D eigenvalue weighted by molar-refractivity contribution is 9.10. The lowest BCUT2D eigenvalue weighted by molar-refractivity contribution is -0.130. The number of aromatic nitrogens is 2. The van der Waals surface area contributed by atoms with E-state index >= 15 is 0 Å². The van der Waals surface area contributed by atoms with Gasteiger partial charge in [0.05, 0.1) is 16.8 Å². The van der Waals surface area contributed by atoms with Crippen molar-refractivity contribution in [3.05, 3.63) is 46.7 Å². The lowest BCUT2D eigenvalue weighted by Crippen LogP contribution is -2.41. The zero-order valence-electron chi connectivity index (χ0n) is 14.1. The van der Waals surface area contributed by atoms with Crippen LogP contribution in [0.5, 0.6) is 0 Å². The largest absolute Gasteiger partial charge is 0.325 e. The lowest BCUT2D eigenvalue weighted by Gasteiger charge is -2.20. The van der Waals surface area contributed by atoms with Gasteiger partial charge < -0.3 is 5.32 Å². The van der Waals surface area contributed by atoms with Crippen molar-refractivity contribution in [2.75, 3.05) is 12.3 Å². The van der Waals surface area contributed by atoms with Crippen LogP contribution in [0.3, 0.4) is 0 Å². The quantitative estimate of drug-likeness (QED) is 0.708. The van der Waals surface area contributed by atoms with Crippen LogP contribution >= 0.6 is 15.9 Å². The molecule has 1 aromatic carbocycles. The second-order valence-corrected chi connectivity index (χ2v) is 9.21. The number of hydrogen-bond donors (Lipinski definition) is 1. The van der Waals surface area contributed by atoms with E-state index in [9.17, 15) is 18.0 Å². The van der Waals surface area contributed by atoms with E-state index in [4.69, 9.17) is 0 Å². The van der Waals surface area contributed by atoms with Crippen LogP contribution in [0.15, 0.2) is 46.0 Å². The summed E-state index contributed by atoms with van der Waals surface area (Å²) in [7, 11) is -1.92. The molecular weight excluding hydrogens is 424 g/mol. The summed E-state index contributed by atoms with van der Waals surface area (Å²) in [6.45, 7) is 1.35. The molecule has 10 heteroatoms. The van der Waals surface area contributed by atoms with Crippen LogP contribution in [0.1, 0.15) is 12.5 Å². The maximum Gasteiger partial charge on any atom is 0.325 e. The minimum absolute atomic E-state index is 0.141. The van der Waals surface area contributed by atoms with Crippen LogP contribution in [0.2, 0.25) is 0 Å². The Kier molecular flexibility index (Phi) is 4.65. The van der Waals surface area contributed by atoms with Crippen LogP contribution in [-0.4, -0.2) is 47.3 Å². The molecule has 3 rings (SSSR count). The fourth-order valence-corrected chi connectivity index (χ4v) is 4.22. The van der Waals surface area contributed by atoms with Crippen LogP contribution in [0.4, 0.5) is 4.79 Å². The fourth-order valence-electron chi connectivity index (χ4n) is 2.75. The molecule has 1 N–H and O–H groups in total. The summed E-state index contributed by atoms with van der Waals surface area (Å²) in [5.41, 5.74) is -0.719. The monoisotopic (exact) mass is 440 g/mol. The number of halogens is 1. The Labute approximate surface area is 159 Å². The molecule has 0 bridgehead atoms. The molecule has 138 valence electrons. The molecule has 1 atom stereocenters. The highest BCUT2D eigenvalue weighted by Crippen LogP contribution is 2.28. The predicted octanol–water partition coefficient (Wildman–Crippen LogP) is 1.42. The van der Waals surface area contributed by atoms with Gasteiger partial charge in [-0.05, 0) is 31.2 Å². The number of carbonyl (C=O) groups excluding carboxylic acids is 2. The zero-order valence-corrected chi connectivity index (χ0v) is 16.5. The van der Waals surface area contributed by atoms with E-state index in [0.717, 1.165) is 9.37 Å². The summed E-state index contributed by atoms with van der Waals surface area (Å²) < 4.78 is 27.2. The standard InChI is InChI=1S/C16H17BrN4O4S/c1-16(11-9-18-20(2)10-11)14(22)21(15(23)19-16)7-8-26(24,25)13-5-3-12(17)4-6-13/h3-6,9-10H,7-8H2,1-2H3,(H,19,23)/t16-/m1/s1. The van der Waals surface area contributed by atoms with E-state index in [-0.39, 0.29) is 17.2 Å². The molecule has 1 aliphatic rings. The van der Waals surface area contributed by atoms with Gasteiger partial charge in [0.1, 0.15) is 5.54 Å². The fraction of sp³-hybridized carbons (Fsp3) is 0.312. The zero-order chi connectivity index (χ0) is 19.1. The van der Waals surface area contributed by atoms with Gasteiger partial charge in [0, 0.05) is 29.8 Å². The summed E-state index contributed by atoms with van der Waals surface area (Å²) in [4.78, 5) is 26.1. The molecule has 26 heavy (non-hydrogen) atoms. The number of hydrogen-bond acceptors (Lipinski definition) is 5. The van der Waals surface area contributed by atoms with Gasteiger partial charge in [-0.3, -0.25) is 14.4 Å². The second kappa shape index (κ2) is 6.51. The smallest absolute Gasteiger partial charge is 0.319 e.